The molecule has 0 fully saturated rings. The lowest BCUT2D eigenvalue weighted by Crippen LogP contribution is -2.29. The highest BCUT2D eigenvalue weighted by Gasteiger charge is 2.31. The molecule has 0 aromatic heterocycles. The fraction of sp³-hybridized carbons (Fsp3) is 0.227. The van der Waals surface area contributed by atoms with Crippen molar-refractivity contribution in [1.82, 2.24) is 4.31 Å². The highest BCUT2D eigenvalue weighted by Crippen LogP contribution is 2.32. The molecule has 1 heterocycles. The lowest BCUT2D eigenvalue weighted by molar-refractivity contribution is 0.0600. The Kier molecular flexibility index (Phi) is 5.54. The minimum Gasteiger partial charge on any atom is -0.465 e. The average Bonchev–Trinajstić information content (AvgIpc) is 3.09. The van der Waals surface area contributed by atoms with Crippen molar-refractivity contribution in [2.24, 2.45) is 0 Å². The van der Waals surface area contributed by atoms with Gasteiger partial charge in [-0.3, -0.25) is 0 Å². The number of nitrogens with zero attached hydrogens (tertiary/aromatic N) is 1. The normalized spacial score (nSPS) is 15.0. The number of carbonyl (C=O) groups excluding carboxylic acids is 1. The van der Waals surface area contributed by atoms with Crippen LogP contribution in [0.25, 0.3) is 5.57 Å². The predicted octanol–water partition coefficient (Wildman–Crippen LogP) is 3.82. The summed E-state index contributed by atoms with van der Waals surface area (Å²) in [7, 11) is -2.23. The summed E-state index contributed by atoms with van der Waals surface area (Å²) in [5.74, 6) is -0.399. The van der Waals surface area contributed by atoms with Gasteiger partial charge in [-0.15, -0.1) is 0 Å². The molecule has 1 aliphatic heterocycles. The summed E-state index contributed by atoms with van der Waals surface area (Å²) in [5.41, 5.74) is 4.95. The van der Waals surface area contributed by atoms with Crippen LogP contribution in [0.5, 0.6) is 0 Å². The zero-order valence-electron chi connectivity index (χ0n) is 16.2. The molecule has 0 spiro atoms. The molecule has 0 atom stereocenters. The standard InChI is InChI=1S/C22H23NO4S/c1-15-5-11-20(12-6-15)28(25,26)23-13-16(2)21(14-23)17(3)18-7-9-19(10-8-18)22(24)27-4/h5-12H,3,13-14H2,1-2,4H3. The van der Waals surface area contributed by atoms with Crippen molar-refractivity contribution in [3.63, 3.8) is 0 Å². The molecule has 6 heteroatoms. The zero-order chi connectivity index (χ0) is 20.5. The van der Waals surface area contributed by atoms with E-state index in [9.17, 15) is 13.2 Å². The van der Waals surface area contributed by atoms with Crippen molar-refractivity contribution < 1.29 is 17.9 Å². The second-order valence-electron chi connectivity index (χ2n) is 6.89. The van der Waals surface area contributed by atoms with E-state index in [4.69, 9.17) is 4.74 Å². The van der Waals surface area contributed by atoms with Gasteiger partial charge in [0.15, 0.2) is 0 Å². The summed E-state index contributed by atoms with van der Waals surface area (Å²) in [6, 6.07) is 13.8. The van der Waals surface area contributed by atoms with Crippen LogP contribution in [-0.2, 0) is 14.8 Å². The van der Waals surface area contributed by atoms with E-state index in [0.29, 0.717) is 17.0 Å². The molecule has 0 radical (unpaired) electrons. The first-order chi connectivity index (χ1) is 13.2. The highest BCUT2D eigenvalue weighted by atomic mass is 32.2. The molecular weight excluding hydrogens is 374 g/mol. The number of hydrogen-bond donors (Lipinski definition) is 0. The van der Waals surface area contributed by atoms with Crippen LogP contribution in [0.2, 0.25) is 0 Å². The number of rotatable bonds is 5. The topological polar surface area (TPSA) is 63.7 Å². The van der Waals surface area contributed by atoms with Crippen LogP contribution in [0.4, 0.5) is 0 Å². The third-order valence-corrected chi connectivity index (χ3v) is 6.75. The predicted molar refractivity (Wildman–Crippen MR) is 109 cm³/mol. The summed E-state index contributed by atoms with van der Waals surface area (Å²) >= 11 is 0. The molecule has 0 unspecified atom stereocenters. The first-order valence-electron chi connectivity index (χ1n) is 8.87. The smallest absolute Gasteiger partial charge is 0.337 e. The third-order valence-electron chi connectivity index (χ3n) is 4.94. The number of carbonyl (C=O) groups is 1. The van der Waals surface area contributed by atoms with Crippen LogP contribution in [0.15, 0.2) is 71.2 Å². The Hall–Kier alpha value is -2.70. The minimum absolute atomic E-state index is 0.277. The molecule has 5 nitrogen and oxygen atoms in total. The Bertz CT molecular complexity index is 1050. The average molecular weight is 397 g/mol. The van der Waals surface area contributed by atoms with Gasteiger partial charge in [-0.25, -0.2) is 13.2 Å². The van der Waals surface area contributed by atoms with E-state index in [-0.39, 0.29) is 6.54 Å². The number of aryl methyl sites for hydroxylation is 1. The van der Waals surface area contributed by atoms with E-state index < -0.39 is 16.0 Å². The molecule has 0 saturated heterocycles. The van der Waals surface area contributed by atoms with Gasteiger partial charge in [-0.2, -0.15) is 4.31 Å². The second kappa shape index (κ2) is 7.73. The van der Waals surface area contributed by atoms with Crippen molar-refractivity contribution in [3.8, 4) is 0 Å². The van der Waals surface area contributed by atoms with Crippen LogP contribution in [0.1, 0.15) is 28.4 Å². The third kappa shape index (κ3) is 3.79. The van der Waals surface area contributed by atoms with Crippen LogP contribution in [0, 0.1) is 6.92 Å². The van der Waals surface area contributed by atoms with Gasteiger partial charge in [0.25, 0.3) is 0 Å². The number of ether oxygens (including phenoxy) is 1. The molecule has 2 aromatic rings. The Morgan fingerprint density at radius 2 is 1.54 bits per heavy atom. The molecule has 0 aliphatic carbocycles. The molecule has 0 bridgehead atoms. The lowest BCUT2D eigenvalue weighted by atomic mass is 9.97. The Labute approximate surface area is 166 Å². The Morgan fingerprint density at radius 3 is 2.11 bits per heavy atom. The van der Waals surface area contributed by atoms with Crippen LogP contribution in [-0.4, -0.2) is 38.9 Å². The summed E-state index contributed by atoms with van der Waals surface area (Å²) in [6.07, 6.45) is 0. The van der Waals surface area contributed by atoms with Crippen molar-refractivity contribution in [2.75, 3.05) is 20.2 Å². The minimum atomic E-state index is -3.57. The van der Waals surface area contributed by atoms with Gasteiger partial charge in [-0.05, 0) is 54.8 Å². The summed E-state index contributed by atoms with van der Waals surface area (Å²) in [5, 5.41) is 0. The van der Waals surface area contributed by atoms with E-state index in [1.807, 2.05) is 13.8 Å². The van der Waals surface area contributed by atoms with Crippen molar-refractivity contribution in [2.45, 2.75) is 18.7 Å². The van der Waals surface area contributed by atoms with E-state index >= 15 is 0 Å². The largest absolute Gasteiger partial charge is 0.465 e. The number of sulfonamides is 1. The van der Waals surface area contributed by atoms with Crippen LogP contribution >= 0.6 is 0 Å². The zero-order valence-corrected chi connectivity index (χ0v) is 17.0. The van der Waals surface area contributed by atoms with E-state index in [1.54, 1.807) is 48.5 Å². The lowest BCUT2D eigenvalue weighted by Gasteiger charge is -2.17. The molecule has 0 saturated carbocycles. The monoisotopic (exact) mass is 397 g/mol. The van der Waals surface area contributed by atoms with Gasteiger partial charge >= 0.3 is 5.97 Å². The maximum atomic E-state index is 13.0. The number of methoxy groups -OCH3 is 1. The van der Waals surface area contributed by atoms with Gasteiger partial charge in [0.2, 0.25) is 10.0 Å². The highest BCUT2D eigenvalue weighted by molar-refractivity contribution is 7.89. The second-order valence-corrected chi connectivity index (χ2v) is 8.83. The molecular formula is C22H23NO4S. The summed E-state index contributed by atoms with van der Waals surface area (Å²) < 4.78 is 32.1. The Balaban J connectivity index is 1.81. The van der Waals surface area contributed by atoms with Gasteiger partial charge in [0.1, 0.15) is 0 Å². The van der Waals surface area contributed by atoms with Gasteiger partial charge < -0.3 is 4.74 Å². The van der Waals surface area contributed by atoms with E-state index in [2.05, 4.69) is 6.58 Å². The van der Waals surface area contributed by atoms with Gasteiger partial charge in [0.05, 0.1) is 17.6 Å². The number of hydrogen-bond acceptors (Lipinski definition) is 4. The molecule has 3 rings (SSSR count). The van der Waals surface area contributed by atoms with Crippen LogP contribution < -0.4 is 0 Å². The molecule has 28 heavy (non-hydrogen) atoms. The summed E-state index contributed by atoms with van der Waals surface area (Å²) in [4.78, 5) is 11.9. The SMILES string of the molecule is C=C(C1=C(C)CN(S(=O)(=O)c2ccc(C)cc2)C1)c1ccc(C(=O)OC)cc1. The van der Waals surface area contributed by atoms with E-state index in [0.717, 1.165) is 27.8 Å². The maximum absolute atomic E-state index is 13.0. The first-order valence-corrected chi connectivity index (χ1v) is 10.3. The molecule has 0 amide bonds. The van der Waals surface area contributed by atoms with Crippen molar-refractivity contribution in [3.05, 3.63) is 82.9 Å². The van der Waals surface area contributed by atoms with Crippen LogP contribution in [0.3, 0.4) is 0 Å². The fourth-order valence-electron chi connectivity index (χ4n) is 3.21. The number of esters is 1. The van der Waals surface area contributed by atoms with E-state index in [1.165, 1.54) is 11.4 Å². The molecule has 146 valence electrons. The Morgan fingerprint density at radius 1 is 0.964 bits per heavy atom. The molecule has 0 N–H and O–H groups in total. The summed E-state index contributed by atoms with van der Waals surface area (Å²) in [6.45, 7) is 8.62. The maximum Gasteiger partial charge on any atom is 0.337 e. The number of benzene rings is 2. The quantitative estimate of drug-likeness (QED) is 0.720. The first kappa shape index (κ1) is 20.0. The molecule has 1 aliphatic rings. The van der Waals surface area contributed by atoms with Crippen molar-refractivity contribution in [1.29, 1.82) is 0 Å². The molecule has 2 aromatic carbocycles. The fourth-order valence-corrected chi connectivity index (χ4v) is 4.65. The van der Waals surface area contributed by atoms with Gasteiger partial charge in [0, 0.05) is 13.1 Å². The van der Waals surface area contributed by atoms with Gasteiger partial charge in [-0.1, -0.05) is 42.0 Å². The van der Waals surface area contributed by atoms with Crippen molar-refractivity contribution >= 4 is 21.6 Å².